The number of phenolic OH excluding ortho intramolecular Hbond substituents is 2. The van der Waals surface area contributed by atoms with Crippen molar-refractivity contribution < 1.29 is 29.2 Å². The molecule has 1 aliphatic rings. The van der Waals surface area contributed by atoms with Crippen LogP contribution in [0.15, 0.2) is 72.8 Å². The van der Waals surface area contributed by atoms with Gasteiger partial charge in [0.15, 0.2) is 6.10 Å². The van der Waals surface area contributed by atoms with Crippen LogP contribution in [-0.4, -0.2) is 33.6 Å². The van der Waals surface area contributed by atoms with Crippen LogP contribution in [-0.2, 0) is 11.2 Å². The van der Waals surface area contributed by atoms with Gasteiger partial charge in [-0.1, -0.05) is 30.3 Å². The average Bonchev–Trinajstić information content (AvgIpc) is 3.10. The van der Waals surface area contributed by atoms with Crippen LogP contribution >= 0.6 is 0 Å². The number of halogens is 1. The molecule has 3 aromatic carbocycles. The molecule has 0 aliphatic carbocycles. The van der Waals surface area contributed by atoms with E-state index in [1.165, 1.54) is 41.3 Å². The normalized spacial score (nSPS) is 19.3. The van der Waals surface area contributed by atoms with E-state index in [4.69, 9.17) is 4.74 Å². The number of nitrogens with zero attached hydrogens (tertiary/aromatic N) is 1. The Hall–Kier alpha value is -3.58. The second-order valence-electron chi connectivity index (χ2n) is 7.47. The van der Waals surface area contributed by atoms with E-state index < -0.39 is 30.2 Å². The summed E-state index contributed by atoms with van der Waals surface area (Å²) in [5, 5.41) is 31.0. The highest BCUT2D eigenvalue weighted by Crippen LogP contribution is 2.43. The topological polar surface area (TPSA) is 90.2 Å². The Morgan fingerprint density at radius 1 is 1.00 bits per heavy atom. The molecule has 0 bridgehead atoms. The van der Waals surface area contributed by atoms with Gasteiger partial charge in [0.1, 0.15) is 23.4 Å². The summed E-state index contributed by atoms with van der Waals surface area (Å²) in [5.74, 6) is -0.837. The molecule has 1 saturated heterocycles. The molecule has 0 aromatic heterocycles. The minimum Gasteiger partial charge on any atom is -0.508 e. The maximum absolute atomic E-state index is 13.4. The Kier molecular flexibility index (Phi) is 5.77. The molecule has 0 saturated carbocycles. The molecule has 3 atom stereocenters. The van der Waals surface area contributed by atoms with Crippen molar-refractivity contribution >= 4 is 11.8 Å². The van der Waals surface area contributed by atoms with Crippen molar-refractivity contribution in [1.29, 1.82) is 0 Å². The maximum atomic E-state index is 13.4. The van der Waals surface area contributed by atoms with E-state index in [-0.39, 0.29) is 11.5 Å². The number of benzene rings is 3. The summed E-state index contributed by atoms with van der Waals surface area (Å²) in [4.78, 5) is 14.1. The molecule has 1 heterocycles. The number of carbonyl (C=O) groups is 1. The minimum absolute atomic E-state index is 0.138. The number of hydrogen-bond donors (Lipinski definition) is 3. The number of amides is 1. The van der Waals surface area contributed by atoms with E-state index in [0.29, 0.717) is 24.1 Å². The molecule has 31 heavy (non-hydrogen) atoms. The van der Waals surface area contributed by atoms with Crippen LogP contribution in [0.5, 0.6) is 11.5 Å². The Labute approximate surface area is 178 Å². The number of anilines is 1. The summed E-state index contributed by atoms with van der Waals surface area (Å²) in [6.45, 7) is 0. The standard InChI is InChI=1S/C24H22FNO5/c25-16-7-9-17(10-8-16)26-22(19-12-11-18(27)14-21(19)29)23(31-24(26)30)20(28)13-6-15-4-2-1-3-5-15/h1-5,7-12,14,20,22-23,27-29H,6,13H2/t20-,22+,23?/m0/s1. The average molecular weight is 423 g/mol. The first-order valence-electron chi connectivity index (χ1n) is 9.93. The number of aliphatic hydroxyl groups is 1. The molecular formula is C24H22FNO5. The van der Waals surface area contributed by atoms with Crippen LogP contribution in [0.4, 0.5) is 14.9 Å². The lowest BCUT2D eigenvalue weighted by Crippen LogP contribution is -2.35. The first-order chi connectivity index (χ1) is 14.9. The molecule has 3 N–H and O–H groups in total. The van der Waals surface area contributed by atoms with Gasteiger partial charge in [0.2, 0.25) is 0 Å². The van der Waals surface area contributed by atoms with Crippen LogP contribution in [0.1, 0.15) is 23.6 Å². The number of rotatable bonds is 6. The van der Waals surface area contributed by atoms with Crippen molar-refractivity contribution in [1.82, 2.24) is 0 Å². The third kappa shape index (κ3) is 4.32. The van der Waals surface area contributed by atoms with Crippen molar-refractivity contribution in [2.45, 2.75) is 31.1 Å². The molecule has 0 spiro atoms. The van der Waals surface area contributed by atoms with Gasteiger partial charge in [-0.05, 0) is 54.8 Å². The third-order valence-corrected chi connectivity index (χ3v) is 5.41. The van der Waals surface area contributed by atoms with Crippen molar-refractivity contribution in [3.63, 3.8) is 0 Å². The highest BCUT2D eigenvalue weighted by molar-refractivity contribution is 5.91. The number of hydrogen-bond acceptors (Lipinski definition) is 5. The lowest BCUT2D eigenvalue weighted by atomic mass is 9.93. The zero-order chi connectivity index (χ0) is 22.0. The lowest BCUT2D eigenvalue weighted by Gasteiger charge is -2.28. The molecule has 1 amide bonds. The second-order valence-corrected chi connectivity index (χ2v) is 7.47. The molecule has 1 fully saturated rings. The van der Waals surface area contributed by atoms with Gasteiger partial charge in [-0.15, -0.1) is 0 Å². The SMILES string of the molecule is O=C1OC([C@@H](O)CCc2ccccc2)[C@@H](c2ccc(O)cc2O)N1c1ccc(F)cc1. The van der Waals surface area contributed by atoms with Gasteiger partial charge in [0, 0.05) is 17.3 Å². The number of aryl methyl sites for hydroxylation is 1. The predicted octanol–water partition coefficient (Wildman–Crippen LogP) is 4.30. The quantitative estimate of drug-likeness (QED) is 0.550. The summed E-state index contributed by atoms with van der Waals surface area (Å²) in [6.07, 6.45) is -1.81. The minimum atomic E-state index is -1.02. The number of aliphatic hydroxyl groups excluding tert-OH is 1. The molecule has 1 unspecified atom stereocenters. The molecule has 4 rings (SSSR count). The van der Waals surface area contributed by atoms with E-state index in [9.17, 15) is 24.5 Å². The molecule has 1 aliphatic heterocycles. The van der Waals surface area contributed by atoms with Crippen LogP contribution in [0, 0.1) is 5.82 Å². The fourth-order valence-corrected chi connectivity index (χ4v) is 3.88. The fourth-order valence-electron chi connectivity index (χ4n) is 3.88. The van der Waals surface area contributed by atoms with Gasteiger partial charge in [0.25, 0.3) is 0 Å². The summed E-state index contributed by atoms with van der Waals surface area (Å²) in [6, 6.07) is 18.1. The molecular weight excluding hydrogens is 401 g/mol. The Bertz CT molecular complexity index is 1060. The Morgan fingerprint density at radius 3 is 2.39 bits per heavy atom. The molecule has 160 valence electrons. The summed E-state index contributed by atoms with van der Waals surface area (Å²) in [7, 11) is 0. The molecule has 7 heteroatoms. The Balaban J connectivity index is 1.67. The molecule has 6 nitrogen and oxygen atoms in total. The van der Waals surface area contributed by atoms with E-state index in [1.807, 2.05) is 30.3 Å². The fraction of sp³-hybridized carbons (Fsp3) is 0.208. The van der Waals surface area contributed by atoms with Crippen LogP contribution in [0.3, 0.4) is 0 Å². The maximum Gasteiger partial charge on any atom is 0.415 e. The third-order valence-electron chi connectivity index (χ3n) is 5.41. The van der Waals surface area contributed by atoms with Crippen LogP contribution in [0.25, 0.3) is 0 Å². The molecule has 3 aromatic rings. The zero-order valence-electron chi connectivity index (χ0n) is 16.6. The number of ether oxygens (including phenoxy) is 1. The summed E-state index contributed by atoms with van der Waals surface area (Å²) < 4.78 is 19.0. The van der Waals surface area contributed by atoms with Crippen molar-refractivity contribution in [3.05, 3.63) is 89.7 Å². The number of aromatic hydroxyl groups is 2. The first-order valence-corrected chi connectivity index (χ1v) is 9.93. The van der Waals surface area contributed by atoms with Gasteiger partial charge >= 0.3 is 6.09 Å². The second kappa shape index (κ2) is 8.65. The van der Waals surface area contributed by atoms with Crippen LogP contribution < -0.4 is 4.90 Å². The Morgan fingerprint density at radius 2 is 1.71 bits per heavy atom. The predicted molar refractivity (Wildman–Crippen MR) is 112 cm³/mol. The van der Waals surface area contributed by atoms with Gasteiger partial charge in [0.05, 0.1) is 6.10 Å². The molecule has 0 radical (unpaired) electrons. The van der Waals surface area contributed by atoms with Crippen molar-refractivity contribution in [2.75, 3.05) is 4.90 Å². The van der Waals surface area contributed by atoms with Crippen molar-refractivity contribution in [3.8, 4) is 11.5 Å². The highest BCUT2D eigenvalue weighted by atomic mass is 19.1. The number of phenols is 2. The van der Waals surface area contributed by atoms with Gasteiger partial charge < -0.3 is 20.1 Å². The van der Waals surface area contributed by atoms with Crippen LogP contribution in [0.2, 0.25) is 0 Å². The van der Waals surface area contributed by atoms with E-state index >= 15 is 0 Å². The van der Waals surface area contributed by atoms with E-state index in [1.54, 1.807) is 0 Å². The summed E-state index contributed by atoms with van der Waals surface area (Å²) >= 11 is 0. The zero-order valence-corrected chi connectivity index (χ0v) is 16.6. The smallest absolute Gasteiger partial charge is 0.415 e. The van der Waals surface area contributed by atoms with Crippen molar-refractivity contribution in [2.24, 2.45) is 0 Å². The number of carbonyl (C=O) groups excluding carboxylic acids is 1. The number of cyclic esters (lactones) is 1. The lowest BCUT2D eigenvalue weighted by molar-refractivity contribution is 0.0143. The highest BCUT2D eigenvalue weighted by Gasteiger charge is 2.47. The van der Waals surface area contributed by atoms with E-state index in [2.05, 4.69) is 0 Å². The summed E-state index contributed by atoms with van der Waals surface area (Å²) in [5.41, 5.74) is 1.70. The van der Waals surface area contributed by atoms with E-state index in [0.717, 1.165) is 11.6 Å². The monoisotopic (exact) mass is 423 g/mol. The van der Waals surface area contributed by atoms with Gasteiger partial charge in [-0.3, -0.25) is 4.90 Å². The van der Waals surface area contributed by atoms with Gasteiger partial charge in [-0.25, -0.2) is 9.18 Å². The van der Waals surface area contributed by atoms with Gasteiger partial charge in [-0.2, -0.15) is 0 Å². The first kappa shape index (κ1) is 20.7. The largest absolute Gasteiger partial charge is 0.508 e.